The summed E-state index contributed by atoms with van der Waals surface area (Å²) < 4.78 is 5.69. The van der Waals surface area contributed by atoms with Crippen LogP contribution in [-0.2, 0) is 5.41 Å². The number of hydrogen-bond donors (Lipinski definition) is 2. The highest BCUT2D eigenvalue weighted by Gasteiger charge is 2.17. The predicted molar refractivity (Wildman–Crippen MR) is 95.2 cm³/mol. The second kappa shape index (κ2) is 8.13. The maximum Gasteiger partial charge on any atom is 0.119 e. The zero-order valence-corrected chi connectivity index (χ0v) is 15.0. The van der Waals surface area contributed by atoms with Crippen LogP contribution < -0.4 is 10.1 Å². The Kier molecular flexibility index (Phi) is 6.45. The summed E-state index contributed by atoms with van der Waals surface area (Å²) in [5, 5.41) is 13.5. The van der Waals surface area contributed by atoms with E-state index in [2.05, 4.69) is 50.2 Å². The van der Waals surface area contributed by atoms with Crippen LogP contribution in [0.5, 0.6) is 5.75 Å². The number of aliphatic hydroxyl groups is 1. The summed E-state index contributed by atoms with van der Waals surface area (Å²) >= 11 is 0. The summed E-state index contributed by atoms with van der Waals surface area (Å²) in [6.45, 7) is 9.77. The second-order valence-corrected chi connectivity index (χ2v) is 7.73. The van der Waals surface area contributed by atoms with E-state index in [-0.39, 0.29) is 5.41 Å². The van der Waals surface area contributed by atoms with Crippen molar-refractivity contribution in [1.29, 1.82) is 0 Å². The van der Waals surface area contributed by atoms with E-state index in [1.807, 2.05) is 12.1 Å². The number of likely N-dealkylation sites (tertiary alicyclic amines) is 1. The van der Waals surface area contributed by atoms with Crippen molar-refractivity contribution in [2.45, 2.75) is 51.2 Å². The Labute approximate surface area is 140 Å². The Balaban J connectivity index is 1.69. The van der Waals surface area contributed by atoms with Crippen molar-refractivity contribution in [3.63, 3.8) is 0 Å². The molecule has 130 valence electrons. The van der Waals surface area contributed by atoms with Crippen LogP contribution in [0.1, 0.15) is 39.2 Å². The van der Waals surface area contributed by atoms with Crippen LogP contribution in [-0.4, -0.2) is 55.4 Å². The van der Waals surface area contributed by atoms with Gasteiger partial charge in [-0.25, -0.2) is 0 Å². The smallest absolute Gasteiger partial charge is 0.119 e. The molecular weight excluding hydrogens is 288 g/mol. The zero-order chi connectivity index (χ0) is 16.9. The van der Waals surface area contributed by atoms with Gasteiger partial charge in [0.05, 0.1) is 0 Å². The van der Waals surface area contributed by atoms with Gasteiger partial charge in [-0.05, 0) is 56.1 Å². The van der Waals surface area contributed by atoms with Crippen LogP contribution in [0.15, 0.2) is 24.3 Å². The summed E-state index contributed by atoms with van der Waals surface area (Å²) in [5.74, 6) is 0.816. The van der Waals surface area contributed by atoms with Gasteiger partial charge in [-0.1, -0.05) is 32.9 Å². The van der Waals surface area contributed by atoms with E-state index in [9.17, 15) is 5.11 Å². The van der Waals surface area contributed by atoms with Gasteiger partial charge in [-0.2, -0.15) is 0 Å². The number of nitrogens with one attached hydrogen (secondary N) is 1. The van der Waals surface area contributed by atoms with Gasteiger partial charge in [0.25, 0.3) is 0 Å². The van der Waals surface area contributed by atoms with E-state index >= 15 is 0 Å². The van der Waals surface area contributed by atoms with Crippen molar-refractivity contribution in [3.05, 3.63) is 29.8 Å². The van der Waals surface area contributed by atoms with E-state index in [1.54, 1.807) is 0 Å². The largest absolute Gasteiger partial charge is 0.491 e. The maximum atomic E-state index is 10.1. The van der Waals surface area contributed by atoms with Crippen LogP contribution in [0.4, 0.5) is 0 Å². The Hall–Kier alpha value is -1.10. The highest BCUT2D eigenvalue weighted by atomic mass is 16.5. The molecule has 2 rings (SSSR count). The third-order valence-electron chi connectivity index (χ3n) is 4.52. The molecule has 1 saturated heterocycles. The molecule has 0 bridgehead atoms. The number of rotatable bonds is 6. The van der Waals surface area contributed by atoms with Crippen LogP contribution in [0.2, 0.25) is 0 Å². The summed E-state index contributed by atoms with van der Waals surface area (Å²) in [6.07, 6.45) is 1.83. The molecule has 1 aromatic carbocycles. The first-order chi connectivity index (χ1) is 10.8. The predicted octanol–water partition coefficient (Wildman–Crippen LogP) is 2.41. The van der Waals surface area contributed by atoms with Gasteiger partial charge in [0.2, 0.25) is 0 Å². The maximum absolute atomic E-state index is 10.1. The lowest BCUT2D eigenvalue weighted by molar-refractivity contribution is 0.0995. The van der Waals surface area contributed by atoms with Crippen LogP contribution in [0.25, 0.3) is 0 Å². The molecule has 4 heteroatoms. The van der Waals surface area contributed by atoms with Crippen molar-refractivity contribution in [3.8, 4) is 5.75 Å². The molecular formula is C19H32N2O2. The zero-order valence-electron chi connectivity index (χ0n) is 15.0. The second-order valence-electron chi connectivity index (χ2n) is 7.73. The fourth-order valence-corrected chi connectivity index (χ4v) is 2.82. The van der Waals surface area contributed by atoms with E-state index in [4.69, 9.17) is 4.74 Å². The normalized spacial score (nSPS) is 18.8. The van der Waals surface area contributed by atoms with E-state index in [1.165, 1.54) is 5.56 Å². The SMILES string of the molecule is CN1CCC(NCC(O)COc2ccc(C(C)(C)C)cc2)CC1. The van der Waals surface area contributed by atoms with Crippen LogP contribution >= 0.6 is 0 Å². The molecule has 0 amide bonds. The average molecular weight is 320 g/mol. The summed E-state index contributed by atoms with van der Waals surface area (Å²) in [7, 11) is 2.16. The Morgan fingerprint density at radius 1 is 1.22 bits per heavy atom. The number of nitrogens with zero attached hydrogens (tertiary/aromatic N) is 1. The lowest BCUT2D eigenvalue weighted by Crippen LogP contribution is -2.44. The number of piperidine rings is 1. The minimum Gasteiger partial charge on any atom is -0.491 e. The molecule has 2 N–H and O–H groups in total. The van der Waals surface area contributed by atoms with Gasteiger partial charge in [0.1, 0.15) is 18.5 Å². The van der Waals surface area contributed by atoms with Gasteiger partial charge >= 0.3 is 0 Å². The fraction of sp³-hybridized carbons (Fsp3) is 0.684. The first-order valence-corrected chi connectivity index (χ1v) is 8.68. The molecule has 1 atom stereocenters. The van der Waals surface area contributed by atoms with Crippen LogP contribution in [0.3, 0.4) is 0 Å². The molecule has 4 nitrogen and oxygen atoms in total. The van der Waals surface area contributed by atoms with Crippen molar-refractivity contribution >= 4 is 0 Å². The Bertz CT molecular complexity index is 459. The van der Waals surface area contributed by atoms with Gasteiger partial charge in [-0.15, -0.1) is 0 Å². The quantitative estimate of drug-likeness (QED) is 0.845. The molecule has 0 aliphatic carbocycles. The van der Waals surface area contributed by atoms with Crippen molar-refractivity contribution in [2.75, 3.05) is 33.3 Å². The molecule has 0 spiro atoms. The van der Waals surface area contributed by atoms with Gasteiger partial charge in [0.15, 0.2) is 0 Å². The van der Waals surface area contributed by atoms with E-state index in [0.29, 0.717) is 19.2 Å². The van der Waals surface area contributed by atoms with Gasteiger partial charge < -0.3 is 20.1 Å². The highest BCUT2D eigenvalue weighted by molar-refractivity contribution is 5.31. The van der Waals surface area contributed by atoms with E-state index < -0.39 is 6.10 Å². The third-order valence-corrected chi connectivity index (χ3v) is 4.52. The summed E-state index contributed by atoms with van der Waals surface area (Å²) in [5.41, 5.74) is 1.44. The minimum absolute atomic E-state index is 0.149. The topological polar surface area (TPSA) is 44.7 Å². The third kappa shape index (κ3) is 6.13. The molecule has 0 radical (unpaired) electrons. The number of ether oxygens (including phenoxy) is 1. The van der Waals surface area contributed by atoms with Crippen LogP contribution in [0, 0.1) is 0 Å². The molecule has 0 saturated carbocycles. The van der Waals surface area contributed by atoms with Gasteiger partial charge in [0, 0.05) is 12.6 Å². The number of hydrogen-bond acceptors (Lipinski definition) is 4. The lowest BCUT2D eigenvalue weighted by atomic mass is 9.87. The standard InChI is InChI=1S/C19H32N2O2/c1-19(2,3)15-5-7-18(8-6-15)23-14-17(22)13-20-16-9-11-21(4)12-10-16/h5-8,16-17,20,22H,9-14H2,1-4H3. The molecule has 1 fully saturated rings. The summed E-state index contributed by atoms with van der Waals surface area (Å²) in [6, 6.07) is 8.68. The minimum atomic E-state index is -0.475. The number of benzene rings is 1. The monoisotopic (exact) mass is 320 g/mol. The molecule has 1 unspecified atom stereocenters. The molecule has 0 aromatic heterocycles. The van der Waals surface area contributed by atoms with Crippen molar-refractivity contribution in [1.82, 2.24) is 10.2 Å². The van der Waals surface area contributed by atoms with Crippen molar-refractivity contribution < 1.29 is 9.84 Å². The molecule has 23 heavy (non-hydrogen) atoms. The van der Waals surface area contributed by atoms with E-state index in [0.717, 1.165) is 31.7 Å². The molecule has 1 aliphatic heterocycles. The Morgan fingerprint density at radius 2 is 1.83 bits per heavy atom. The molecule has 1 aromatic rings. The summed E-state index contributed by atoms with van der Waals surface area (Å²) in [4.78, 5) is 2.35. The van der Waals surface area contributed by atoms with Gasteiger partial charge in [-0.3, -0.25) is 0 Å². The molecule has 1 heterocycles. The Morgan fingerprint density at radius 3 is 2.39 bits per heavy atom. The first kappa shape index (κ1) is 18.2. The van der Waals surface area contributed by atoms with Crippen molar-refractivity contribution in [2.24, 2.45) is 0 Å². The fourth-order valence-electron chi connectivity index (χ4n) is 2.82. The molecule has 1 aliphatic rings. The number of aliphatic hydroxyl groups excluding tert-OH is 1. The lowest BCUT2D eigenvalue weighted by Gasteiger charge is -2.30. The highest BCUT2D eigenvalue weighted by Crippen LogP contribution is 2.24. The first-order valence-electron chi connectivity index (χ1n) is 8.68. The average Bonchev–Trinajstić information content (AvgIpc) is 2.52.